The number of benzene rings is 3. The Kier molecular flexibility index (Phi) is 10.6. The average Bonchev–Trinajstić information content (AvgIpc) is 3.12. The van der Waals surface area contributed by atoms with Crippen LogP contribution in [-0.2, 0) is 11.3 Å². The summed E-state index contributed by atoms with van der Waals surface area (Å²) in [5.74, 6) is 1.15. The summed E-state index contributed by atoms with van der Waals surface area (Å²) in [6.45, 7) is 14.9. The number of nitrogens with zero attached hydrogens (tertiary/aromatic N) is 4. The largest absolute Gasteiger partial charge is 0.489 e. The van der Waals surface area contributed by atoms with Crippen molar-refractivity contribution in [2.24, 2.45) is 16.7 Å². The topological polar surface area (TPSA) is 98.1 Å². The Morgan fingerprint density at radius 1 is 0.900 bits per heavy atom. The van der Waals surface area contributed by atoms with Gasteiger partial charge in [0.1, 0.15) is 24.5 Å². The van der Waals surface area contributed by atoms with E-state index in [0.29, 0.717) is 47.5 Å². The van der Waals surface area contributed by atoms with E-state index in [1.165, 1.54) is 0 Å². The van der Waals surface area contributed by atoms with Gasteiger partial charge in [-0.1, -0.05) is 69.6 Å². The van der Waals surface area contributed by atoms with E-state index in [4.69, 9.17) is 21.1 Å². The highest BCUT2D eigenvalue weighted by molar-refractivity contribution is 6.31. The van der Waals surface area contributed by atoms with E-state index in [2.05, 4.69) is 61.0 Å². The van der Waals surface area contributed by atoms with E-state index in [0.717, 1.165) is 56.8 Å². The highest BCUT2D eigenvalue weighted by Crippen LogP contribution is 2.55. The number of piperazine rings is 1. The fraction of sp³-hybridized carbons (Fsp3) is 0.475. The molecule has 3 fully saturated rings. The molecule has 6 rings (SSSR count). The van der Waals surface area contributed by atoms with Gasteiger partial charge in [0, 0.05) is 80.0 Å². The molecule has 3 aliphatic rings. The van der Waals surface area contributed by atoms with Crippen LogP contribution < -0.4 is 15.0 Å². The fourth-order valence-corrected chi connectivity index (χ4v) is 8.51. The third kappa shape index (κ3) is 7.72. The Balaban J connectivity index is 0.934. The first-order valence-electron chi connectivity index (χ1n) is 17.7. The smallest absolute Gasteiger partial charge is 0.410 e. The summed E-state index contributed by atoms with van der Waals surface area (Å²) in [5.41, 5.74) is 2.54. The molecule has 50 heavy (non-hydrogen) atoms. The predicted molar refractivity (Wildman–Crippen MR) is 195 cm³/mol. The molecule has 3 aromatic carbocycles. The average molecular weight is 698 g/mol. The van der Waals surface area contributed by atoms with Gasteiger partial charge in [-0.25, -0.2) is 4.79 Å². The van der Waals surface area contributed by atoms with E-state index in [1.807, 2.05) is 47.4 Å². The van der Waals surface area contributed by atoms with Crippen molar-refractivity contribution in [3.8, 4) is 11.8 Å². The van der Waals surface area contributed by atoms with Gasteiger partial charge in [-0.05, 0) is 60.7 Å². The van der Waals surface area contributed by atoms with E-state index in [9.17, 15) is 14.9 Å². The predicted octanol–water partition coefficient (Wildman–Crippen LogP) is 6.99. The second kappa shape index (κ2) is 14.9. The third-order valence-electron chi connectivity index (χ3n) is 10.9. The zero-order chi connectivity index (χ0) is 35.5. The molecule has 0 unspecified atom stereocenters. The van der Waals surface area contributed by atoms with Gasteiger partial charge in [0.15, 0.2) is 0 Å². The summed E-state index contributed by atoms with van der Waals surface area (Å²) in [4.78, 5) is 32.7. The lowest BCUT2D eigenvalue weighted by atomic mass is 9.49. The van der Waals surface area contributed by atoms with Crippen LogP contribution in [0.1, 0.15) is 62.0 Å². The van der Waals surface area contributed by atoms with Crippen molar-refractivity contribution in [2.45, 2.75) is 59.3 Å². The van der Waals surface area contributed by atoms with Crippen LogP contribution >= 0.6 is 11.6 Å². The maximum absolute atomic E-state index is 13.4. The molecule has 0 radical (unpaired) electrons. The molecular formula is C40H48ClN5O4. The number of ether oxygens (including phenoxy) is 2. The van der Waals surface area contributed by atoms with E-state index in [1.54, 1.807) is 18.2 Å². The molecule has 2 aliphatic heterocycles. The monoisotopic (exact) mass is 697 g/mol. The zero-order valence-electron chi connectivity index (χ0n) is 29.5. The second-order valence-corrected chi connectivity index (χ2v) is 15.5. The molecule has 2 amide bonds. The van der Waals surface area contributed by atoms with Gasteiger partial charge < -0.3 is 24.6 Å². The van der Waals surface area contributed by atoms with Crippen molar-refractivity contribution in [2.75, 3.05) is 50.7 Å². The number of rotatable bonds is 9. The SMILES string of the molecule is CC1(C)[C@H](NC(=O)c2ccc(N3CCC(CN4CCN(C(=O)OCc5ccccc5)CC4)CC3)cc2)C(C)(C)[C@H]1Oc1ccc(C#N)c(Cl)c1. The Labute approximate surface area is 301 Å². The molecule has 1 aliphatic carbocycles. The first kappa shape index (κ1) is 35.6. The number of carbonyl (C=O) groups is 2. The summed E-state index contributed by atoms with van der Waals surface area (Å²) >= 11 is 6.24. The minimum atomic E-state index is -0.328. The molecule has 0 aromatic heterocycles. The lowest BCUT2D eigenvalue weighted by molar-refractivity contribution is -0.164. The van der Waals surface area contributed by atoms with Gasteiger partial charge in [-0.3, -0.25) is 9.69 Å². The number of anilines is 1. The van der Waals surface area contributed by atoms with Crippen molar-refractivity contribution in [3.05, 3.63) is 94.5 Å². The molecule has 2 heterocycles. The van der Waals surface area contributed by atoms with Gasteiger partial charge in [-0.2, -0.15) is 5.26 Å². The number of carbonyl (C=O) groups excluding carboxylic acids is 2. The number of amides is 2. The molecule has 0 bridgehead atoms. The highest BCUT2D eigenvalue weighted by atomic mass is 35.5. The van der Waals surface area contributed by atoms with Crippen LogP contribution in [0.15, 0.2) is 72.8 Å². The fourth-order valence-electron chi connectivity index (χ4n) is 8.30. The minimum Gasteiger partial charge on any atom is -0.489 e. The Morgan fingerprint density at radius 3 is 2.18 bits per heavy atom. The first-order chi connectivity index (χ1) is 23.9. The van der Waals surface area contributed by atoms with Gasteiger partial charge in [0.05, 0.1) is 10.6 Å². The number of halogens is 1. The summed E-state index contributed by atoms with van der Waals surface area (Å²) in [5, 5.41) is 12.8. The quantitative estimate of drug-likeness (QED) is 0.257. The molecule has 10 heteroatoms. The summed E-state index contributed by atoms with van der Waals surface area (Å²) in [7, 11) is 0. The van der Waals surface area contributed by atoms with Crippen molar-refractivity contribution in [1.29, 1.82) is 5.26 Å². The van der Waals surface area contributed by atoms with Gasteiger partial charge in [0.2, 0.25) is 0 Å². The number of hydrogen-bond acceptors (Lipinski definition) is 7. The van der Waals surface area contributed by atoms with Crippen LogP contribution in [0.5, 0.6) is 5.75 Å². The normalized spacial score (nSPS) is 21.8. The molecule has 0 spiro atoms. The van der Waals surface area contributed by atoms with E-state index in [-0.39, 0.29) is 35.0 Å². The number of nitrogens with one attached hydrogen (secondary N) is 1. The third-order valence-corrected chi connectivity index (χ3v) is 11.2. The first-order valence-corrected chi connectivity index (χ1v) is 18.0. The minimum absolute atomic E-state index is 0.0918. The van der Waals surface area contributed by atoms with Crippen molar-refractivity contribution in [1.82, 2.24) is 15.1 Å². The molecule has 3 aromatic rings. The van der Waals surface area contributed by atoms with Crippen LogP contribution in [0, 0.1) is 28.1 Å². The second-order valence-electron chi connectivity index (χ2n) is 15.1. The van der Waals surface area contributed by atoms with Crippen molar-refractivity contribution < 1.29 is 19.1 Å². The lowest BCUT2D eigenvalue weighted by Crippen LogP contribution is -2.74. The van der Waals surface area contributed by atoms with Gasteiger partial charge >= 0.3 is 6.09 Å². The van der Waals surface area contributed by atoms with Crippen LogP contribution in [0.4, 0.5) is 10.5 Å². The van der Waals surface area contributed by atoms with E-state index >= 15 is 0 Å². The van der Waals surface area contributed by atoms with Crippen LogP contribution in [0.2, 0.25) is 5.02 Å². The van der Waals surface area contributed by atoms with Crippen molar-refractivity contribution in [3.63, 3.8) is 0 Å². The van der Waals surface area contributed by atoms with Crippen LogP contribution in [0.25, 0.3) is 0 Å². The van der Waals surface area contributed by atoms with Crippen LogP contribution in [-0.4, -0.2) is 79.8 Å². The zero-order valence-corrected chi connectivity index (χ0v) is 30.3. The molecule has 0 atom stereocenters. The summed E-state index contributed by atoms with van der Waals surface area (Å²) in [6.07, 6.45) is 1.84. The highest BCUT2D eigenvalue weighted by Gasteiger charge is 2.64. The number of piperidine rings is 1. The molecular weight excluding hydrogens is 650 g/mol. The summed E-state index contributed by atoms with van der Waals surface area (Å²) in [6, 6.07) is 24.8. The van der Waals surface area contributed by atoms with Crippen LogP contribution in [0.3, 0.4) is 0 Å². The molecule has 9 nitrogen and oxygen atoms in total. The number of hydrogen-bond donors (Lipinski definition) is 1. The lowest BCUT2D eigenvalue weighted by Gasteiger charge is -2.63. The number of nitriles is 1. The Morgan fingerprint density at radius 2 is 1.56 bits per heavy atom. The van der Waals surface area contributed by atoms with Gasteiger partial charge in [0.25, 0.3) is 5.91 Å². The maximum Gasteiger partial charge on any atom is 0.410 e. The van der Waals surface area contributed by atoms with E-state index < -0.39 is 0 Å². The standard InChI is InChI=1S/C40H48ClN5O4/c1-39(2)36(40(3,4)37(39)50-33-15-12-31(25-42)34(41)24-33)43-35(47)30-10-13-32(14-11-30)45-18-16-28(17-19-45)26-44-20-22-46(23-21-44)38(48)49-27-29-8-6-5-7-9-29/h5-15,24,28,36-37H,16-23,26-27H2,1-4H3,(H,43,47)/t36-,37-. The van der Waals surface area contributed by atoms with Crippen molar-refractivity contribution >= 4 is 29.3 Å². The maximum atomic E-state index is 13.4. The molecule has 264 valence electrons. The molecule has 1 N–H and O–H groups in total. The van der Waals surface area contributed by atoms with Gasteiger partial charge in [-0.15, -0.1) is 0 Å². The summed E-state index contributed by atoms with van der Waals surface area (Å²) < 4.78 is 11.9. The molecule has 2 saturated heterocycles. The molecule has 1 saturated carbocycles. The Hall–Kier alpha value is -4.26. The Bertz CT molecular complexity index is 1670.